The van der Waals surface area contributed by atoms with Crippen LogP contribution in [0.3, 0.4) is 0 Å². The lowest BCUT2D eigenvalue weighted by Crippen LogP contribution is -2.26. The summed E-state index contributed by atoms with van der Waals surface area (Å²) in [5.74, 6) is 0. The second-order valence-corrected chi connectivity index (χ2v) is 5.14. The van der Waals surface area contributed by atoms with E-state index in [4.69, 9.17) is 0 Å². The third kappa shape index (κ3) is 2.47. The van der Waals surface area contributed by atoms with Gasteiger partial charge in [-0.1, -0.05) is 74.9 Å². The van der Waals surface area contributed by atoms with Crippen LogP contribution in [0.25, 0.3) is 0 Å². The van der Waals surface area contributed by atoms with Crippen LogP contribution < -0.4 is 0 Å². The molecule has 0 aliphatic carbocycles. The summed E-state index contributed by atoms with van der Waals surface area (Å²) in [5.41, 5.74) is 3.02. The molecule has 0 aliphatic heterocycles. The van der Waals surface area contributed by atoms with E-state index in [1.165, 1.54) is 5.56 Å². The first kappa shape index (κ1) is 14.3. The van der Waals surface area contributed by atoms with Crippen molar-refractivity contribution in [3.8, 4) is 6.07 Å². The zero-order valence-corrected chi connectivity index (χ0v) is 12.3. The molecule has 102 valence electrons. The molecule has 0 amide bonds. The molecule has 0 radical (unpaired) electrons. The van der Waals surface area contributed by atoms with E-state index < -0.39 is 5.41 Å². The fourth-order valence-electron chi connectivity index (χ4n) is 2.90. The van der Waals surface area contributed by atoms with E-state index in [1.54, 1.807) is 0 Å². The Morgan fingerprint density at radius 1 is 0.950 bits per heavy atom. The van der Waals surface area contributed by atoms with Crippen molar-refractivity contribution in [2.45, 2.75) is 38.5 Å². The summed E-state index contributed by atoms with van der Waals surface area (Å²) in [6.45, 7) is 4.28. The van der Waals surface area contributed by atoms with Gasteiger partial charge in [0, 0.05) is 0 Å². The van der Waals surface area contributed by atoms with Crippen LogP contribution in [0.1, 0.15) is 43.4 Å². The summed E-state index contributed by atoms with van der Waals surface area (Å²) in [5, 5.41) is 9.93. The average Bonchev–Trinajstić information content (AvgIpc) is 2.52. The van der Waals surface area contributed by atoms with Crippen LogP contribution >= 0.6 is 0 Å². The summed E-state index contributed by atoms with van der Waals surface area (Å²) in [6.07, 6.45) is 2.90. The number of nitrogens with zero attached hydrogens (tertiary/aromatic N) is 1. The second-order valence-electron chi connectivity index (χ2n) is 5.14. The van der Waals surface area contributed by atoms with E-state index in [9.17, 15) is 5.26 Å². The minimum absolute atomic E-state index is 0.535. The number of hydrogen-bond donors (Lipinski definition) is 0. The monoisotopic (exact) mass is 263 g/mol. The first-order valence-corrected chi connectivity index (χ1v) is 7.33. The predicted molar refractivity (Wildman–Crippen MR) is 83.6 cm³/mol. The third-order valence-corrected chi connectivity index (χ3v) is 3.98. The minimum atomic E-state index is -0.535. The predicted octanol–water partition coefficient (Wildman–Crippen LogP) is 4.86. The van der Waals surface area contributed by atoms with Crippen molar-refractivity contribution in [3.63, 3.8) is 0 Å². The Labute approximate surface area is 121 Å². The molecule has 2 aromatic carbocycles. The number of benzene rings is 2. The maximum absolute atomic E-state index is 9.93. The van der Waals surface area contributed by atoms with E-state index >= 15 is 0 Å². The zero-order valence-electron chi connectivity index (χ0n) is 12.3. The van der Waals surface area contributed by atoms with Crippen molar-refractivity contribution >= 4 is 0 Å². The Hall–Kier alpha value is -2.07. The normalized spacial score (nSPS) is 13.4. The summed E-state index contributed by atoms with van der Waals surface area (Å²) in [6, 6.07) is 21.1. The van der Waals surface area contributed by atoms with Crippen molar-refractivity contribution in [2.75, 3.05) is 0 Å². The van der Waals surface area contributed by atoms with Crippen molar-refractivity contribution < 1.29 is 0 Å². The fourth-order valence-corrected chi connectivity index (χ4v) is 2.90. The molecule has 0 bridgehead atoms. The van der Waals surface area contributed by atoms with Crippen LogP contribution in [0.5, 0.6) is 0 Å². The van der Waals surface area contributed by atoms with Gasteiger partial charge < -0.3 is 0 Å². The van der Waals surface area contributed by atoms with E-state index in [0.29, 0.717) is 0 Å². The van der Waals surface area contributed by atoms with Crippen LogP contribution in [-0.2, 0) is 11.8 Å². The summed E-state index contributed by atoms with van der Waals surface area (Å²) >= 11 is 0. The van der Waals surface area contributed by atoms with E-state index in [1.807, 2.05) is 24.3 Å². The van der Waals surface area contributed by atoms with Crippen LogP contribution in [0.15, 0.2) is 54.6 Å². The van der Waals surface area contributed by atoms with Gasteiger partial charge in [-0.05, 0) is 29.5 Å². The molecule has 0 saturated carbocycles. The maximum atomic E-state index is 9.93. The summed E-state index contributed by atoms with van der Waals surface area (Å²) < 4.78 is 0. The maximum Gasteiger partial charge on any atom is 0.107 e. The first-order valence-electron chi connectivity index (χ1n) is 7.33. The molecule has 0 aromatic heterocycles. The average molecular weight is 263 g/mol. The van der Waals surface area contributed by atoms with Crippen LogP contribution in [0.4, 0.5) is 0 Å². The highest BCUT2D eigenvalue weighted by molar-refractivity contribution is 5.49. The molecule has 20 heavy (non-hydrogen) atoms. The molecule has 0 N–H and O–H groups in total. The topological polar surface area (TPSA) is 23.8 Å². The van der Waals surface area contributed by atoms with Crippen molar-refractivity contribution in [1.82, 2.24) is 0 Å². The van der Waals surface area contributed by atoms with E-state index in [0.717, 1.165) is 30.4 Å². The van der Waals surface area contributed by atoms with Crippen molar-refractivity contribution in [2.24, 2.45) is 0 Å². The second kappa shape index (κ2) is 6.39. The number of rotatable bonds is 5. The third-order valence-electron chi connectivity index (χ3n) is 3.98. The highest BCUT2D eigenvalue weighted by Crippen LogP contribution is 2.37. The molecule has 0 spiro atoms. The highest BCUT2D eigenvalue weighted by atomic mass is 14.4. The van der Waals surface area contributed by atoms with Gasteiger partial charge in [0.25, 0.3) is 0 Å². The first-order chi connectivity index (χ1) is 9.78. The number of aryl methyl sites for hydroxylation is 1. The van der Waals surface area contributed by atoms with Crippen LogP contribution in [0.2, 0.25) is 0 Å². The van der Waals surface area contributed by atoms with Gasteiger partial charge in [0.15, 0.2) is 0 Å². The highest BCUT2D eigenvalue weighted by Gasteiger charge is 2.34. The molecule has 0 saturated heterocycles. The number of hydrogen-bond acceptors (Lipinski definition) is 1. The summed E-state index contributed by atoms with van der Waals surface area (Å²) in [7, 11) is 0. The zero-order chi connectivity index (χ0) is 14.4. The van der Waals surface area contributed by atoms with E-state index in [-0.39, 0.29) is 0 Å². The lowest BCUT2D eigenvalue weighted by atomic mass is 9.71. The number of nitriles is 1. The summed E-state index contributed by atoms with van der Waals surface area (Å²) in [4.78, 5) is 0. The Bertz CT molecular complexity index is 595. The van der Waals surface area contributed by atoms with Gasteiger partial charge in [0.2, 0.25) is 0 Å². The van der Waals surface area contributed by atoms with Gasteiger partial charge >= 0.3 is 0 Å². The SMILES string of the molecule is CCCc1ccccc1C(C#N)(CC)c1ccccc1. The molecule has 1 nitrogen and oxygen atoms in total. The Morgan fingerprint density at radius 3 is 2.20 bits per heavy atom. The van der Waals surface area contributed by atoms with Gasteiger partial charge in [0.05, 0.1) is 6.07 Å². The molecule has 1 atom stereocenters. The van der Waals surface area contributed by atoms with Crippen LogP contribution in [0, 0.1) is 11.3 Å². The lowest BCUT2D eigenvalue weighted by molar-refractivity contribution is 0.622. The van der Waals surface area contributed by atoms with Crippen molar-refractivity contribution in [1.29, 1.82) is 5.26 Å². The Morgan fingerprint density at radius 2 is 1.60 bits per heavy atom. The fraction of sp³-hybridized carbons (Fsp3) is 0.316. The molecule has 0 aliphatic rings. The molecule has 0 fully saturated rings. The van der Waals surface area contributed by atoms with Crippen LogP contribution in [-0.4, -0.2) is 0 Å². The quantitative estimate of drug-likeness (QED) is 0.755. The van der Waals surface area contributed by atoms with Gasteiger partial charge in [-0.15, -0.1) is 0 Å². The molecule has 1 unspecified atom stereocenters. The molecule has 2 aromatic rings. The standard InChI is InChI=1S/C19H21N/c1-3-10-16-11-8-9-14-18(16)19(4-2,15-20)17-12-6-5-7-13-17/h5-9,11-14H,3-4,10H2,1-2H3. The van der Waals surface area contributed by atoms with Gasteiger partial charge in [-0.3, -0.25) is 0 Å². The molecule has 0 heterocycles. The minimum Gasteiger partial charge on any atom is -0.197 e. The van der Waals surface area contributed by atoms with Gasteiger partial charge in [0.1, 0.15) is 5.41 Å². The van der Waals surface area contributed by atoms with Gasteiger partial charge in [-0.2, -0.15) is 5.26 Å². The van der Waals surface area contributed by atoms with Crippen molar-refractivity contribution in [3.05, 3.63) is 71.3 Å². The molecule has 2 rings (SSSR count). The Kier molecular flexibility index (Phi) is 4.58. The van der Waals surface area contributed by atoms with E-state index in [2.05, 4.69) is 50.2 Å². The lowest BCUT2D eigenvalue weighted by Gasteiger charge is -2.28. The largest absolute Gasteiger partial charge is 0.197 e. The molecular weight excluding hydrogens is 242 g/mol. The van der Waals surface area contributed by atoms with Gasteiger partial charge in [-0.25, -0.2) is 0 Å². The molecular formula is C19H21N. The Balaban J connectivity index is 2.63. The smallest absolute Gasteiger partial charge is 0.107 e. The molecule has 1 heteroatoms.